The molecule has 0 spiro atoms. The molecule has 118 heavy (non-hydrogen) atoms. The quantitative estimate of drug-likeness (QED) is 0.0390. The second-order valence-electron chi connectivity index (χ2n) is 45.1. The van der Waals surface area contributed by atoms with E-state index >= 15 is 0 Å². The van der Waals surface area contributed by atoms with Crippen LogP contribution in [0, 0.1) is 56.3 Å². The van der Waals surface area contributed by atoms with Gasteiger partial charge >= 0.3 is 0 Å². The van der Waals surface area contributed by atoms with Crippen LogP contribution in [0.2, 0.25) is 0 Å². The second-order valence-corrected chi connectivity index (χ2v) is 52.5. The van der Waals surface area contributed by atoms with Crippen molar-refractivity contribution in [3.05, 3.63) is 86.5 Å². The molecule has 0 radical (unpaired) electrons. The topological polar surface area (TPSA) is 0 Å². The summed E-state index contributed by atoms with van der Waals surface area (Å²) in [5, 5.41) is 5.33. The smallest absolute Gasteiger partial charge is 0.0100 e. The molecule has 0 nitrogen and oxygen atoms in total. The summed E-state index contributed by atoms with van der Waals surface area (Å²) in [6.07, 6.45) is 86.2. The molecule has 1 atom stereocenters. The Bertz CT molecular complexity index is 2680. The van der Waals surface area contributed by atoms with Gasteiger partial charge < -0.3 is 0 Å². The molecule has 3 heteroatoms. The van der Waals surface area contributed by atoms with Crippen molar-refractivity contribution in [3.8, 4) is 0 Å². The highest BCUT2D eigenvalue weighted by atomic mass is 31.1. The number of unbranched alkanes of at least 4 members (excludes halogenated alkanes) is 42. The maximum atomic E-state index is 2.91. The molecule has 0 aliphatic carbocycles. The highest BCUT2D eigenvalue weighted by molar-refractivity contribution is 7.66. The minimum absolute atomic E-state index is 0.0397. The van der Waals surface area contributed by atoms with Crippen LogP contribution in [0.15, 0.2) is 36.4 Å². The van der Waals surface area contributed by atoms with Gasteiger partial charge in [0.1, 0.15) is 0 Å². The van der Waals surface area contributed by atoms with Crippen molar-refractivity contribution >= 4 is 39.7 Å². The van der Waals surface area contributed by atoms with Crippen LogP contribution in [-0.2, 0) is 16.2 Å². The van der Waals surface area contributed by atoms with Gasteiger partial charge in [0.25, 0.3) is 0 Å². The molecule has 0 saturated heterocycles. The van der Waals surface area contributed by atoms with Gasteiger partial charge in [-0.05, 0) is 226 Å². The number of benzene rings is 3. The predicted molar refractivity (Wildman–Crippen MR) is 552 cm³/mol. The first-order valence-electron chi connectivity index (χ1n) is 52.9. The summed E-state index contributed by atoms with van der Waals surface area (Å²) >= 11 is 0. The Morgan fingerprint density at radius 2 is 0.356 bits per heavy atom. The molecule has 0 aliphatic rings. The van der Waals surface area contributed by atoms with Crippen LogP contribution in [0.5, 0.6) is 0 Å². The number of rotatable bonds is 74. The van der Waals surface area contributed by atoms with E-state index in [4.69, 9.17) is 0 Å². The molecule has 1 unspecified atom stereocenters. The first kappa shape index (κ1) is 111. The number of hydrogen-bond donors (Lipinski definition) is 0. The van der Waals surface area contributed by atoms with E-state index in [1.165, 1.54) is 384 Å². The van der Waals surface area contributed by atoms with Crippen LogP contribution >= 0.6 is 23.8 Å². The monoisotopic (exact) mass is 1690 g/mol. The van der Waals surface area contributed by atoms with Gasteiger partial charge in [-0.2, -0.15) is 0 Å². The Balaban J connectivity index is 2.33. The van der Waals surface area contributed by atoms with Crippen molar-refractivity contribution < 1.29 is 0 Å². The standard InChI is InChI=1S/C115H211P3/c1-93(2)74-62-50-38-26-32-44-56-68-80-116(81-69-57-45-33-27-39-51-63-75-94(3)4)110-87-100(14)103(90-107(110)113(17,18)19)99(13)86-106(104-91-108(114(20,21)22)111(88-101(104)15)117(82-70-58-46-34-28-40-52-64-76-95(5)6)83-71-59-47-35-29-41-53-65-77-96(7)8)105-92-109(115(23,24)25)112(89-102(105)16)118(84-72-60-48-36-30-42-54-66-78-97(9)10)85-73-61-49-37-31-43-55-67-79-98(11)12/h87-99,106H,26-86H2,1-25H3. The molecule has 3 rings (SSSR count). The van der Waals surface area contributed by atoms with Gasteiger partial charge in [0, 0.05) is 5.92 Å². The van der Waals surface area contributed by atoms with Crippen molar-refractivity contribution in [1.29, 1.82) is 0 Å². The predicted octanol–water partition coefficient (Wildman–Crippen LogP) is 39.2. The summed E-state index contributed by atoms with van der Waals surface area (Å²) < 4.78 is 0. The zero-order chi connectivity index (χ0) is 87.2. The van der Waals surface area contributed by atoms with E-state index in [9.17, 15) is 0 Å². The summed E-state index contributed by atoms with van der Waals surface area (Å²) in [5.41, 5.74) is 14.8. The lowest BCUT2D eigenvalue weighted by Crippen LogP contribution is -2.27. The number of aryl methyl sites for hydroxylation is 3. The Morgan fingerprint density at radius 3 is 0.525 bits per heavy atom. The Morgan fingerprint density at radius 1 is 0.203 bits per heavy atom. The summed E-state index contributed by atoms with van der Waals surface area (Å²) in [4.78, 5) is 0. The summed E-state index contributed by atoms with van der Waals surface area (Å²) in [5.74, 6) is 5.73. The molecule has 0 bridgehead atoms. The Hall–Kier alpha value is -1.05. The zero-order valence-corrected chi connectivity index (χ0v) is 87.7. The molecule has 0 aliphatic heterocycles. The van der Waals surface area contributed by atoms with E-state index in [1.807, 2.05) is 0 Å². The molecule has 0 N–H and O–H groups in total. The minimum atomic E-state index is -0.290. The van der Waals surface area contributed by atoms with Crippen LogP contribution in [0.4, 0.5) is 0 Å². The van der Waals surface area contributed by atoms with Gasteiger partial charge in [0.05, 0.1) is 0 Å². The molecule has 0 saturated carbocycles. The van der Waals surface area contributed by atoms with Crippen LogP contribution in [0.1, 0.15) is 567 Å². The van der Waals surface area contributed by atoms with Crippen LogP contribution in [-0.4, -0.2) is 37.0 Å². The Kier molecular flexibility index (Phi) is 61.7. The van der Waals surface area contributed by atoms with E-state index in [2.05, 4.69) is 209 Å². The molecule has 0 aromatic heterocycles. The third-order valence-corrected chi connectivity index (χ3v) is 35.5. The first-order chi connectivity index (χ1) is 56.2. The van der Waals surface area contributed by atoms with Gasteiger partial charge in [-0.15, -0.1) is 0 Å². The molecule has 3 aromatic carbocycles. The molecule has 686 valence electrons. The molecular formula is C115H211P3. The fourth-order valence-corrected chi connectivity index (χ4v) is 28.6. The highest BCUT2D eigenvalue weighted by Crippen LogP contribution is 2.50. The molecule has 0 heterocycles. The zero-order valence-electron chi connectivity index (χ0n) is 85.1. The fourth-order valence-electron chi connectivity index (χ4n) is 19.5. The van der Waals surface area contributed by atoms with Gasteiger partial charge in [-0.25, -0.2) is 0 Å². The van der Waals surface area contributed by atoms with Crippen LogP contribution in [0.3, 0.4) is 0 Å². The first-order valence-corrected chi connectivity index (χ1v) is 58.1. The minimum Gasteiger partial charge on any atom is -0.0750 e. The molecular weight excluding hydrogens is 1470 g/mol. The van der Waals surface area contributed by atoms with E-state index in [1.54, 1.807) is 66.0 Å². The van der Waals surface area contributed by atoms with Gasteiger partial charge in [-0.1, -0.05) is 521 Å². The SMILES string of the molecule is Cc1cc(P(CCCCCCCCCCC(C)C)CCCCCCCCCCC(C)C)c(C(C)(C)C)cc1C(C)CC(c1cc(C(C)(C)C)c(P(CCCCCCCCCCC(C)C)CCCCCCCCCCC(C)C)cc1C)c1cc(C(C)(C)C)c(P(CCCCCCCCCCC(C)C)CCCCCCCCCCC(C)C)cc1C. The van der Waals surface area contributed by atoms with E-state index < -0.39 is 0 Å². The highest BCUT2D eigenvalue weighted by Gasteiger charge is 2.33. The van der Waals surface area contributed by atoms with Gasteiger partial charge in [0.2, 0.25) is 0 Å². The summed E-state index contributed by atoms with van der Waals surface area (Å²) in [7, 11) is -0.837. The fraction of sp³-hybridized carbons (Fsp3) is 0.843. The van der Waals surface area contributed by atoms with Crippen molar-refractivity contribution in [2.45, 2.75) is 554 Å². The maximum Gasteiger partial charge on any atom is 0.0100 e. The summed E-state index contributed by atoms with van der Waals surface area (Å²) in [6, 6.07) is 17.3. The third kappa shape index (κ3) is 51.1. The average molecular weight is 1690 g/mol. The van der Waals surface area contributed by atoms with Crippen molar-refractivity contribution in [2.24, 2.45) is 35.5 Å². The lowest BCUT2D eigenvalue weighted by atomic mass is 9.74. The summed E-state index contributed by atoms with van der Waals surface area (Å²) in [6.45, 7) is 62.6. The lowest BCUT2D eigenvalue weighted by Gasteiger charge is -2.35. The lowest BCUT2D eigenvalue weighted by molar-refractivity contribution is 0.508. The third-order valence-electron chi connectivity index (χ3n) is 27.2. The van der Waals surface area contributed by atoms with Gasteiger partial charge in [0.15, 0.2) is 0 Å². The Labute approximate surface area is 747 Å². The molecule has 0 fully saturated rings. The molecule has 3 aromatic rings. The number of hydrogen-bond acceptors (Lipinski definition) is 0. The van der Waals surface area contributed by atoms with E-state index in [0.717, 1.165) is 41.9 Å². The normalized spacial score (nSPS) is 13.0. The van der Waals surface area contributed by atoms with E-state index in [-0.39, 0.29) is 40.0 Å². The molecule has 0 amide bonds. The van der Waals surface area contributed by atoms with Gasteiger partial charge in [-0.3, -0.25) is 0 Å². The van der Waals surface area contributed by atoms with Crippen LogP contribution in [0.25, 0.3) is 0 Å². The van der Waals surface area contributed by atoms with E-state index in [0.29, 0.717) is 11.8 Å². The van der Waals surface area contributed by atoms with Crippen molar-refractivity contribution in [3.63, 3.8) is 0 Å². The van der Waals surface area contributed by atoms with Crippen molar-refractivity contribution in [1.82, 2.24) is 0 Å². The largest absolute Gasteiger partial charge is 0.0750 e. The average Bonchev–Trinajstić information content (AvgIpc) is 0.753. The van der Waals surface area contributed by atoms with Crippen molar-refractivity contribution in [2.75, 3.05) is 37.0 Å². The maximum absolute atomic E-state index is 2.91. The second kappa shape index (κ2) is 65.5. The van der Waals surface area contributed by atoms with Crippen LogP contribution < -0.4 is 15.9 Å².